The van der Waals surface area contributed by atoms with Crippen molar-refractivity contribution in [3.8, 4) is 33.6 Å². The topological polar surface area (TPSA) is 165 Å². The summed E-state index contributed by atoms with van der Waals surface area (Å²) >= 11 is 3.58. The van der Waals surface area contributed by atoms with Crippen LogP contribution in [0.2, 0.25) is 0 Å². The predicted molar refractivity (Wildman–Crippen MR) is 241 cm³/mol. The lowest BCUT2D eigenvalue weighted by molar-refractivity contribution is -0.131. The molecule has 2 saturated heterocycles. The van der Waals surface area contributed by atoms with Gasteiger partial charge in [-0.2, -0.15) is 0 Å². The maximum Gasteiger partial charge on any atom is 0.292 e. The molecule has 0 bridgehead atoms. The summed E-state index contributed by atoms with van der Waals surface area (Å²) in [4.78, 5) is 60.0. The first kappa shape index (κ1) is 51.2. The van der Waals surface area contributed by atoms with Crippen molar-refractivity contribution in [2.45, 2.75) is 87.0 Å². The molecule has 0 saturated carbocycles. The van der Waals surface area contributed by atoms with E-state index in [0.717, 1.165) is 56.0 Å². The van der Waals surface area contributed by atoms with Crippen molar-refractivity contribution < 1.29 is 23.9 Å². The van der Waals surface area contributed by atoms with Crippen molar-refractivity contribution in [1.29, 1.82) is 0 Å². The van der Waals surface area contributed by atoms with Gasteiger partial charge in [0.05, 0.1) is 66.0 Å². The van der Waals surface area contributed by atoms with Crippen LogP contribution in [0.25, 0.3) is 43.0 Å². The number of rotatable bonds is 8. The fourth-order valence-corrected chi connectivity index (χ4v) is 7.80. The molecule has 2 fully saturated rings. The van der Waals surface area contributed by atoms with Gasteiger partial charge < -0.3 is 35.1 Å². The Labute approximate surface area is 353 Å². The smallest absolute Gasteiger partial charge is 0.292 e. The summed E-state index contributed by atoms with van der Waals surface area (Å²) < 4.78 is 6.51. The number of amides is 3. The number of fused-ring (bicyclic) bond motifs is 1. The lowest BCUT2D eigenvalue weighted by atomic mass is 10.1. The molecule has 58 heavy (non-hydrogen) atoms. The maximum absolute atomic E-state index is 11.3. The normalized spacial score (nSPS) is 12.2. The number of nitrogens with zero attached hydrogens (tertiary/aromatic N) is 4. The highest BCUT2D eigenvalue weighted by Gasteiger charge is 2.18. The maximum atomic E-state index is 11.3. The number of hydrogen-bond acceptors (Lipinski definition) is 10. The van der Waals surface area contributed by atoms with Crippen LogP contribution in [0.4, 0.5) is 0 Å². The number of hydrogen-bond donors (Lipinski definition) is 4. The van der Waals surface area contributed by atoms with Crippen molar-refractivity contribution in [2.24, 2.45) is 0 Å². The Bertz CT molecular complexity index is 1790. The van der Waals surface area contributed by atoms with Crippen molar-refractivity contribution in [3.05, 3.63) is 60.1 Å². The van der Waals surface area contributed by atoms with Gasteiger partial charge in [-0.3, -0.25) is 19.2 Å². The number of H-pyrrole nitrogens is 2. The summed E-state index contributed by atoms with van der Waals surface area (Å²) in [6.45, 7) is 18.5. The van der Waals surface area contributed by atoms with Gasteiger partial charge in [-0.15, -0.1) is 22.7 Å². The zero-order valence-corrected chi connectivity index (χ0v) is 37.6. The number of carbonyl (C=O) groups excluding carboxylic acids is 4. The summed E-state index contributed by atoms with van der Waals surface area (Å²) in [6.07, 6.45) is 14.2. The van der Waals surface area contributed by atoms with E-state index in [0.29, 0.717) is 13.0 Å². The Kier molecular flexibility index (Phi) is 27.5. The molecule has 0 spiro atoms. The molecule has 0 radical (unpaired) electrons. The third-order valence-corrected chi connectivity index (χ3v) is 10.1. The highest BCUT2D eigenvalue weighted by Crippen LogP contribution is 2.43. The molecule has 15 heteroatoms. The predicted octanol–water partition coefficient (Wildman–Crippen LogP) is 8.63. The molecular formula is C43H66N8O5S2. The van der Waals surface area contributed by atoms with Gasteiger partial charge in [0, 0.05) is 55.0 Å². The van der Waals surface area contributed by atoms with E-state index >= 15 is 0 Å². The molecule has 7 rings (SSSR count). The Morgan fingerprint density at radius 1 is 0.741 bits per heavy atom. The van der Waals surface area contributed by atoms with Gasteiger partial charge in [0.15, 0.2) is 0 Å². The SMILES string of the molecule is CC.CC(=O)NCC(=O)N1CCCC1.CCC.CCC.CNCC(=O)N1CCCC1.COC=O.c1ncc(-c2ccc(-c3csc4c(-c5cnc[nH]5)csc34)cc2)[nH]1. The summed E-state index contributed by atoms with van der Waals surface area (Å²) in [5, 5.41) is 9.79. The minimum Gasteiger partial charge on any atom is -0.471 e. The van der Waals surface area contributed by atoms with Crippen molar-refractivity contribution in [3.63, 3.8) is 0 Å². The number of aromatic nitrogens is 4. The number of ether oxygens (including phenoxy) is 1. The first-order chi connectivity index (χ1) is 28.2. The van der Waals surface area contributed by atoms with Gasteiger partial charge in [0.1, 0.15) is 0 Å². The van der Waals surface area contributed by atoms with Gasteiger partial charge in [0.25, 0.3) is 6.47 Å². The van der Waals surface area contributed by atoms with E-state index in [1.807, 2.05) is 31.1 Å². The molecule has 5 aromatic rings. The van der Waals surface area contributed by atoms with E-state index in [9.17, 15) is 14.4 Å². The molecule has 6 heterocycles. The fourth-order valence-electron chi connectivity index (χ4n) is 5.36. The molecule has 0 atom stereocenters. The van der Waals surface area contributed by atoms with Crippen LogP contribution < -0.4 is 10.6 Å². The molecule has 1 aromatic carbocycles. The number of benzene rings is 1. The number of aromatic amines is 2. The standard InChI is InChI=1S/C18H12N4S2.C8H14N2O2.C7H14N2O.2C3H8.C2H4O2.C2H6/c1-3-12(15-5-19-9-21-15)4-2-11(1)13-7-23-18-14(8-24-17(13)18)16-6-20-10-22-16;1-7(11)9-6-8(12)10-4-2-3-5-10;1-8-6-7(10)9-4-2-3-5-9;2*1-3-2;1-4-2-3;1-2/h1-10H,(H,19,21)(H,20,22);2-6H2,1H3,(H,9,11);8H,2-6H2,1H3;2*3H2,1-2H3;2H,1H3;1-2H3. The lowest BCUT2D eigenvalue weighted by Crippen LogP contribution is -2.37. The van der Waals surface area contributed by atoms with E-state index < -0.39 is 0 Å². The van der Waals surface area contributed by atoms with Crippen molar-refractivity contribution in [2.75, 3.05) is 53.4 Å². The van der Waals surface area contributed by atoms with Gasteiger partial charge >= 0.3 is 0 Å². The average molecular weight is 839 g/mol. The highest BCUT2D eigenvalue weighted by atomic mass is 32.1. The first-order valence-corrected chi connectivity index (χ1v) is 21.9. The van der Waals surface area contributed by atoms with Gasteiger partial charge in [0.2, 0.25) is 17.7 Å². The van der Waals surface area contributed by atoms with E-state index in [4.69, 9.17) is 4.79 Å². The highest BCUT2D eigenvalue weighted by molar-refractivity contribution is 7.27. The van der Waals surface area contributed by atoms with Gasteiger partial charge in [-0.25, -0.2) is 9.97 Å². The zero-order valence-electron chi connectivity index (χ0n) is 36.0. The van der Waals surface area contributed by atoms with Crippen LogP contribution in [-0.2, 0) is 23.9 Å². The molecule has 0 unspecified atom stereocenters. The molecule has 320 valence electrons. The fraction of sp³-hybridized carbons (Fsp3) is 0.488. The Morgan fingerprint density at radius 2 is 1.16 bits per heavy atom. The summed E-state index contributed by atoms with van der Waals surface area (Å²) in [5.41, 5.74) is 7.02. The minimum absolute atomic E-state index is 0.0303. The van der Waals surface area contributed by atoms with Gasteiger partial charge in [-0.05, 0) is 43.9 Å². The van der Waals surface area contributed by atoms with E-state index in [-0.39, 0.29) is 24.3 Å². The molecule has 13 nitrogen and oxygen atoms in total. The monoisotopic (exact) mass is 838 g/mol. The number of likely N-dealkylation sites (tertiary alicyclic amines) is 2. The Hall–Kier alpha value is -4.86. The van der Waals surface area contributed by atoms with Crippen molar-refractivity contribution >= 4 is 56.3 Å². The quantitative estimate of drug-likeness (QED) is 0.113. The molecule has 2 aliphatic rings. The van der Waals surface area contributed by atoms with Crippen LogP contribution in [-0.4, -0.2) is 107 Å². The van der Waals surface area contributed by atoms with Crippen LogP contribution in [0.5, 0.6) is 0 Å². The van der Waals surface area contributed by atoms with Crippen LogP contribution in [0.3, 0.4) is 0 Å². The Balaban J connectivity index is 0.000000417. The second-order valence-corrected chi connectivity index (χ2v) is 14.6. The third-order valence-electron chi connectivity index (χ3n) is 7.91. The molecule has 3 amide bonds. The van der Waals surface area contributed by atoms with Gasteiger partial charge in [-0.1, -0.05) is 78.6 Å². The number of thiophene rings is 2. The molecule has 0 aliphatic carbocycles. The Morgan fingerprint density at radius 3 is 1.57 bits per heavy atom. The van der Waals surface area contributed by atoms with E-state index in [2.05, 4.69) is 98.0 Å². The van der Waals surface area contributed by atoms with Crippen LogP contribution in [0, 0.1) is 0 Å². The molecule has 4 aromatic heterocycles. The number of methoxy groups -OCH3 is 1. The zero-order chi connectivity index (χ0) is 43.1. The summed E-state index contributed by atoms with van der Waals surface area (Å²) in [6, 6.07) is 8.62. The lowest BCUT2D eigenvalue weighted by Gasteiger charge is -2.14. The minimum atomic E-state index is -0.150. The van der Waals surface area contributed by atoms with E-state index in [1.54, 1.807) is 47.3 Å². The second-order valence-electron chi connectivity index (χ2n) is 12.8. The van der Waals surface area contributed by atoms with E-state index in [1.165, 1.54) is 65.8 Å². The number of nitrogens with one attached hydrogen (secondary N) is 4. The second kappa shape index (κ2) is 31.2. The average Bonchev–Trinajstić information content (AvgIpc) is 4.10. The molecular weight excluding hydrogens is 773 g/mol. The van der Waals surface area contributed by atoms with Crippen LogP contribution >= 0.6 is 22.7 Å². The summed E-state index contributed by atoms with van der Waals surface area (Å²) in [5.74, 6) is 0.116. The third kappa shape index (κ3) is 18.2. The van der Waals surface area contributed by atoms with Crippen molar-refractivity contribution in [1.82, 2.24) is 40.4 Å². The first-order valence-electron chi connectivity index (χ1n) is 20.2. The molecule has 2 aliphatic heterocycles. The van der Waals surface area contributed by atoms with Crippen LogP contribution in [0.1, 0.15) is 87.0 Å². The number of carbonyl (C=O) groups is 4. The largest absolute Gasteiger partial charge is 0.471 e. The summed E-state index contributed by atoms with van der Waals surface area (Å²) in [7, 11) is 3.11. The number of likely N-dealkylation sites (N-methyl/N-ethyl adjacent to an activating group) is 1. The molecule has 4 N–H and O–H groups in total. The van der Waals surface area contributed by atoms with Crippen LogP contribution in [0.15, 0.2) is 60.1 Å². The number of imidazole rings is 2.